The Labute approximate surface area is 156 Å². The van der Waals surface area contributed by atoms with Crippen molar-refractivity contribution in [3.63, 3.8) is 0 Å². The van der Waals surface area contributed by atoms with Crippen LogP contribution >= 0.6 is 11.6 Å². The molecule has 0 aliphatic rings. The fourth-order valence-electron chi connectivity index (χ4n) is 2.46. The number of ether oxygens (including phenoxy) is 2. The molecule has 0 aliphatic carbocycles. The lowest BCUT2D eigenvalue weighted by molar-refractivity contribution is -0.385. The Bertz CT molecular complexity index is 825. The predicted molar refractivity (Wildman–Crippen MR) is 98.1 cm³/mol. The predicted octanol–water partition coefficient (Wildman–Crippen LogP) is 3.93. The van der Waals surface area contributed by atoms with Gasteiger partial charge in [-0.3, -0.25) is 14.9 Å². The van der Waals surface area contributed by atoms with E-state index in [4.69, 9.17) is 21.1 Å². The molecular weight excluding hydrogens is 360 g/mol. The number of nitro benzene ring substituents is 1. The highest BCUT2D eigenvalue weighted by molar-refractivity contribution is 6.31. The van der Waals surface area contributed by atoms with Gasteiger partial charge in [0.25, 0.3) is 11.6 Å². The molecule has 2 rings (SSSR count). The molecule has 0 aromatic heterocycles. The van der Waals surface area contributed by atoms with Crippen LogP contribution in [-0.4, -0.2) is 36.5 Å². The monoisotopic (exact) mass is 378 g/mol. The average Bonchev–Trinajstić information content (AvgIpc) is 2.62. The molecule has 0 atom stereocenters. The summed E-state index contributed by atoms with van der Waals surface area (Å²) in [6.45, 7) is 2.31. The molecule has 2 aromatic carbocycles. The van der Waals surface area contributed by atoms with Crippen LogP contribution in [0.5, 0.6) is 11.5 Å². The van der Waals surface area contributed by atoms with Gasteiger partial charge in [-0.15, -0.1) is 0 Å². The van der Waals surface area contributed by atoms with E-state index in [-0.39, 0.29) is 29.3 Å². The Morgan fingerprint density at radius 3 is 2.54 bits per heavy atom. The van der Waals surface area contributed by atoms with Gasteiger partial charge >= 0.3 is 0 Å². The molecule has 0 fully saturated rings. The fourth-order valence-corrected chi connectivity index (χ4v) is 2.65. The van der Waals surface area contributed by atoms with Crippen LogP contribution in [-0.2, 0) is 6.54 Å². The highest BCUT2D eigenvalue weighted by atomic mass is 35.5. The summed E-state index contributed by atoms with van der Waals surface area (Å²) in [7, 11) is 2.94. The highest BCUT2D eigenvalue weighted by Crippen LogP contribution is 2.35. The van der Waals surface area contributed by atoms with E-state index in [1.165, 1.54) is 24.1 Å². The number of amides is 1. The molecule has 0 spiro atoms. The molecule has 138 valence electrons. The minimum atomic E-state index is -0.616. The standard InChI is InChI=1S/C18H19ClN2O5/c1-4-26-17-9-13(15(21(23)24)10-16(17)25-3)18(22)20(2)11-12-7-5-6-8-14(12)19/h5-10H,4,11H2,1-3H3. The SMILES string of the molecule is CCOc1cc(C(=O)N(C)Cc2ccccc2Cl)c([N+](=O)[O-])cc1OC. The maximum absolute atomic E-state index is 12.8. The molecule has 0 saturated heterocycles. The molecule has 0 N–H and O–H groups in total. The lowest BCUT2D eigenvalue weighted by Crippen LogP contribution is -2.27. The molecule has 0 heterocycles. The maximum atomic E-state index is 12.8. The number of methoxy groups -OCH3 is 1. The highest BCUT2D eigenvalue weighted by Gasteiger charge is 2.27. The van der Waals surface area contributed by atoms with Crippen molar-refractivity contribution in [2.75, 3.05) is 20.8 Å². The van der Waals surface area contributed by atoms with E-state index >= 15 is 0 Å². The van der Waals surface area contributed by atoms with Gasteiger partial charge < -0.3 is 14.4 Å². The van der Waals surface area contributed by atoms with Crippen molar-refractivity contribution in [3.05, 3.63) is 62.7 Å². The summed E-state index contributed by atoms with van der Waals surface area (Å²) in [5, 5.41) is 11.9. The third-order valence-corrected chi connectivity index (χ3v) is 4.09. The lowest BCUT2D eigenvalue weighted by atomic mass is 10.1. The number of rotatable bonds is 7. The fraction of sp³-hybridized carbons (Fsp3) is 0.278. The molecule has 8 heteroatoms. The number of nitrogens with zero attached hydrogens (tertiary/aromatic N) is 2. The van der Waals surface area contributed by atoms with Crippen LogP contribution in [0.3, 0.4) is 0 Å². The van der Waals surface area contributed by atoms with Crippen molar-refractivity contribution in [1.82, 2.24) is 4.90 Å². The Balaban J connectivity index is 2.41. The van der Waals surface area contributed by atoms with Gasteiger partial charge in [-0.1, -0.05) is 29.8 Å². The van der Waals surface area contributed by atoms with Gasteiger partial charge in [-0.25, -0.2) is 0 Å². The second-order valence-electron chi connectivity index (χ2n) is 5.46. The number of benzene rings is 2. The van der Waals surface area contributed by atoms with Crippen LogP contribution in [0.4, 0.5) is 5.69 Å². The van der Waals surface area contributed by atoms with E-state index in [1.807, 2.05) is 6.07 Å². The van der Waals surface area contributed by atoms with E-state index in [0.29, 0.717) is 11.6 Å². The van der Waals surface area contributed by atoms with Gasteiger partial charge in [0.05, 0.1) is 24.7 Å². The van der Waals surface area contributed by atoms with Crippen LogP contribution in [0.1, 0.15) is 22.8 Å². The first-order valence-electron chi connectivity index (χ1n) is 7.87. The average molecular weight is 379 g/mol. The maximum Gasteiger partial charge on any atom is 0.286 e. The molecule has 2 aromatic rings. The number of hydrogen-bond acceptors (Lipinski definition) is 5. The summed E-state index contributed by atoms with van der Waals surface area (Å²) in [6, 6.07) is 9.64. The van der Waals surface area contributed by atoms with Gasteiger partial charge in [-0.05, 0) is 18.6 Å². The Kier molecular flexibility index (Phi) is 6.41. The second kappa shape index (κ2) is 8.53. The Morgan fingerprint density at radius 1 is 1.27 bits per heavy atom. The smallest absolute Gasteiger partial charge is 0.286 e. The Hall–Kier alpha value is -2.80. The summed E-state index contributed by atoms with van der Waals surface area (Å²) < 4.78 is 10.6. The first-order chi connectivity index (χ1) is 12.4. The van der Waals surface area contributed by atoms with Gasteiger partial charge in [0.1, 0.15) is 5.56 Å². The van der Waals surface area contributed by atoms with Crippen molar-refractivity contribution in [3.8, 4) is 11.5 Å². The zero-order valence-electron chi connectivity index (χ0n) is 14.7. The molecule has 1 amide bonds. The molecule has 26 heavy (non-hydrogen) atoms. The zero-order valence-corrected chi connectivity index (χ0v) is 15.4. The number of carbonyl (C=O) groups excluding carboxylic acids is 1. The van der Waals surface area contributed by atoms with E-state index in [1.54, 1.807) is 32.2 Å². The van der Waals surface area contributed by atoms with Crippen molar-refractivity contribution in [1.29, 1.82) is 0 Å². The lowest BCUT2D eigenvalue weighted by Gasteiger charge is -2.19. The Morgan fingerprint density at radius 2 is 1.96 bits per heavy atom. The van der Waals surface area contributed by atoms with Crippen LogP contribution in [0.2, 0.25) is 5.02 Å². The second-order valence-corrected chi connectivity index (χ2v) is 5.87. The zero-order chi connectivity index (χ0) is 19.3. The summed E-state index contributed by atoms with van der Waals surface area (Å²) in [5.41, 5.74) is 0.321. The summed E-state index contributed by atoms with van der Waals surface area (Å²) in [5.74, 6) is -0.0424. The van der Waals surface area contributed by atoms with Crippen molar-refractivity contribution in [2.45, 2.75) is 13.5 Å². The van der Waals surface area contributed by atoms with Crippen LogP contribution in [0.15, 0.2) is 36.4 Å². The van der Waals surface area contributed by atoms with Crippen LogP contribution < -0.4 is 9.47 Å². The van der Waals surface area contributed by atoms with Crippen LogP contribution in [0.25, 0.3) is 0 Å². The number of halogens is 1. The molecule has 0 aliphatic heterocycles. The number of hydrogen-bond donors (Lipinski definition) is 0. The molecule has 7 nitrogen and oxygen atoms in total. The topological polar surface area (TPSA) is 81.9 Å². The van der Waals surface area contributed by atoms with Gasteiger partial charge in [0.2, 0.25) is 0 Å². The third-order valence-electron chi connectivity index (χ3n) is 3.72. The van der Waals surface area contributed by atoms with Crippen molar-refractivity contribution >= 4 is 23.2 Å². The summed E-state index contributed by atoms with van der Waals surface area (Å²) in [4.78, 5) is 25.0. The van der Waals surface area contributed by atoms with Gasteiger partial charge in [0.15, 0.2) is 11.5 Å². The number of nitro groups is 1. The normalized spacial score (nSPS) is 10.3. The first kappa shape index (κ1) is 19.5. The molecule has 0 bridgehead atoms. The largest absolute Gasteiger partial charge is 0.493 e. The van der Waals surface area contributed by atoms with E-state index in [9.17, 15) is 14.9 Å². The summed E-state index contributed by atoms with van der Waals surface area (Å²) in [6.07, 6.45) is 0. The number of carbonyl (C=O) groups is 1. The van der Waals surface area contributed by atoms with Gasteiger partial charge in [0, 0.05) is 24.7 Å². The molecule has 0 radical (unpaired) electrons. The molecule has 0 unspecified atom stereocenters. The summed E-state index contributed by atoms with van der Waals surface area (Å²) >= 11 is 6.12. The van der Waals surface area contributed by atoms with Crippen molar-refractivity contribution in [2.24, 2.45) is 0 Å². The van der Waals surface area contributed by atoms with E-state index in [2.05, 4.69) is 0 Å². The van der Waals surface area contributed by atoms with Gasteiger partial charge in [-0.2, -0.15) is 0 Å². The van der Waals surface area contributed by atoms with E-state index in [0.717, 1.165) is 5.56 Å². The van der Waals surface area contributed by atoms with E-state index < -0.39 is 10.8 Å². The first-order valence-corrected chi connectivity index (χ1v) is 8.24. The third kappa shape index (κ3) is 4.23. The minimum absolute atomic E-state index is 0.0752. The quantitative estimate of drug-likeness (QED) is 0.538. The minimum Gasteiger partial charge on any atom is -0.493 e. The molecular formula is C18H19ClN2O5. The van der Waals surface area contributed by atoms with Crippen LogP contribution in [0, 0.1) is 10.1 Å². The molecule has 0 saturated carbocycles. The van der Waals surface area contributed by atoms with Crippen molar-refractivity contribution < 1.29 is 19.2 Å².